The molecule has 2 N–H and O–H groups in total. The molecule has 0 unspecified atom stereocenters. The van der Waals surface area contributed by atoms with Crippen LogP contribution >= 0.6 is 0 Å². The molecule has 1 aromatic heterocycles. The zero-order chi connectivity index (χ0) is 18.0. The van der Waals surface area contributed by atoms with Gasteiger partial charge in [0.25, 0.3) is 15.9 Å². The first kappa shape index (κ1) is 17.2. The molecule has 132 valence electrons. The molecule has 1 fully saturated rings. The van der Waals surface area contributed by atoms with Gasteiger partial charge in [0.15, 0.2) is 5.78 Å². The maximum absolute atomic E-state index is 12.5. The van der Waals surface area contributed by atoms with E-state index in [0.717, 1.165) is 12.8 Å². The maximum Gasteiger partial charge on any atom is 0.270 e. The number of rotatable bonds is 5. The minimum Gasteiger partial charge on any atom is -0.356 e. The van der Waals surface area contributed by atoms with E-state index in [-0.39, 0.29) is 22.3 Å². The Morgan fingerprint density at radius 1 is 1.16 bits per heavy atom. The molecule has 2 heterocycles. The Labute approximate surface area is 146 Å². The van der Waals surface area contributed by atoms with Gasteiger partial charge in [0, 0.05) is 30.5 Å². The van der Waals surface area contributed by atoms with Crippen molar-refractivity contribution in [1.29, 1.82) is 0 Å². The lowest BCUT2D eigenvalue weighted by Gasteiger charge is -2.13. The number of aromatic nitrogens is 1. The van der Waals surface area contributed by atoms with Crippen molar-refractivity contribution in [3.8, 4) is 0 Å². The van der Waals surface area contributed by atoms with Gasteiger partial charge < -0.3 is 9.88 Å². The fourth-order valence-corrected chi connectivity index (χ4v) is 3.80. The van der Waals surface area contributed by atoms with Gasteiger partial charge in [0.2, 0.25) is 0 Å². The second-order valence-electron chi connectivity index (χ2n) is 5.99. The highest BCUT2D eigenvalue weighted by Gasteiger charge is 2.23. The molecule has 0 bridgehead atoms. The standard InChI is InChI=1S/C17H19N3O4S/c1-12(21)13-5-4-6-14(9-13)19-25(23,24)15-10-16(18-11-15)17(22)20-7-2-3-8-20/h4-6,9-11,18-19H,2-3,7-8H2,1H3. The smallest absolute Gasteiger partial charge is 0.270 e. The summed E-state index contributed by atoms with van der Waals surface area (Å²) in [5.74, 6) is -0.348. The van der Waals surface area contributed by atoms with Crippen LogP contribution in [0.15, 0.2) is 41.4 Å². The number of carbonyl (C=O) groups is 2. The van der Waals surface area contributed by atoms with Gasteiger partial charge in [0.05, 0.1) is 0 Å². The fraction of sp³-hybridized carbons (Fsp3) is 0.294. The lowest BCUT2D eigenvalue weighted by molar-refractivity contribution is 0.0787. The molecule has 1 saturated heterocycles. The molecule has 3 rings (SSSR count). The Morgan fingerprint density at radius 3 is 2.56 bits per heavy atom. The molecule has 25 heavy (non-hydrogen) atoms. The van der Waals surface area contributed by atoms with Crippen LogP contribution < -0.4 is 4.72 Å². The summed E-state index contributed by atoms with van der Waals surface area (Å²) in [7, 11) is -3.86. The number of H-pyrrole nitrogens is 1. The number of amides is 1. The summed E-state index contributed by atoms with van der Waals surface area (Å²) in [4.78, 5) is 28.1. The summed E-state index contributed by atoms with van der Waals surface area (Å²) in [6.45, 7) is 2.79. The van der Waals surface area contributed by atoms with Crippen LogP contribution in [0.3, 0.4) is 0 Å². The molecule has 1 aromatic carbocycles. The summed E-state index contributed by atoms with van der Waals surface area (Å²) in [5.41, 5.74) is 0.959. The second-order valence-corrected chi connectivity index (χ2v) is 7.67. The Morgan fingerprint density at radius 2 is 1.88 bits per heavy atom. The summed E-state index contributed by atoms with van der Waals surface area (Å²) < 4.78 is 27.4. The highest BCUT2D eigenvalue weighted by Crippen LogP contribution is 2.20. The van der Waals surface area contributed by atoms with Gasteiger partial charge in [-0.3, -0.25) is 14.3 Å². The van der Waals surface area contributed by atoms with Crippen LogP contribution in [-0.2, 0) is 10.0 Å². The highest BCUT2D eigenvalue weighted by molar-refractivity contribution is 7.92. The molecular weight excluding hydrogens is 342 g/mol. The van der Waals surface area contributed by atoms with Crippen LogP contribution in [0, 0.1) is 0 Å². The van der Waals surface area contributed by atoms with Crippen molar-refractivity contribution in [3.63, 3.8) is 0 Å². The van der Waals surface area contributed by atoms with Crippen molar-refractivity contribution in [2.45, 2.75) is 24.7 Å². The number of benzene rings is 1. The SMILES string of the molecule is CC(=O)c1cccc(NS(=O)(=O)c2c[nH]c(C(=O)N3CCCC3)c2)c1. The Hall–Kier alpha value is -2.61. The van der Waals surface area contributed by atoms with E-state index in [1.54, 1.807) is 23.1 Å². The van der Waals surface area contributed by atoms with E-state index in [4.69, 9.17) is 0 Å². The normalized spacial score (nSPS) is 14.5. The molecule has 0 atom stereocenters. The van der Waals surface area contributed by atoms with E-state index in [1.807, 2.05) is 0 Å². The average Bonchev–Trinajstić information content (AvgIpc) is 3.26. The molecule has 1 amide bonds. The van der Waals surface area contributed by atoms with Crippen LogP contribution in [0.2, 0.25) is 0 Å². The predicted molar refractivity (Wildman–Crippen MR) is 93.2 cm³/mol. The monoisotopic (exact) mass is 361 g/mol. The molecule has 2 aromatic rings. The van der Waals surface area contributed by atoms with Crippen LogP contribution in [0.1, 0.15) is 40.6 Å². The summed E-state index contributed by atoms with van der Waals surface area (Å²) >= 11 is 0. The predicted octanol–water partition coefficient (Wildman–Crippen LogP) is 2.25. The van der Waals surface area contributed by atoms with Crippen molar-refractivity contribution in [1.82, 2.24) is 9.88 Å². The summed E-state index contributed by atoms with van der Waals surface area (Å²) in [6, 6.07) is 7.59. The van der Waals surface area contributed by atoms with E-state index in [2.05, 4.69) is 9.71 Å². The number of nitrogens with zero attached hydrogens (tertiary/aromatic N) is 1. The minimum atomic E-state index is -3.86. The Bertz CT molecular complexity index is 911. The zero-order valence-electron chi connectivity index (χ0n) is 13.8. The Kier molecular flexibility index (Phi) is 4.63. The molecule has 0 aliphatic carbocycles. The number of carbonyl (C=O) groups excluding carboxylic acids is 2. The van der Waals surface area contributed by atoms with Crippen LogP contribution in [0.4, 0.5) is 5.69 Å². The van der Waals surface area contributed by atoms with Gasteiger partial charge in [-0.2, -0.15) is 0 Å². The minimum absolute atomic E-state index is 0.0247. The highest BCUT2D eigenvalue weighted by atomic mass is 32.2. The first-order valence-corrected chi connectivity index (χ1v) is 9.47. The van der Waals surface area contributed by atoms with Gasteiger partial charge in [-0.1, -0.05) is 12.1 Å². The molecule has 0 radical (unpaired) electrons. The Balaban J connectivity index is 1.80. The van der Waals surface area contributed by atoms with E-state index < -0.39 is 10.0 Å². The van der Waals surface area contributed by atoms with Crippen LogP contribution in [0.5, 0.6) is 0 Å². The molecule has 1 aliphatic rings. The number of anilines is 1. The van der Waals surface area contributed by atoms with Crippen LogP contribution in [-0.4, -0.2) is 43.1 Å². The molecule has 0 spiro atoms. The van der Waals surface area contributed by atoms with Crippen molar-refractivity contribution in [2.24, 2.45) is 0 Å². The fourth-order valence-electron chi connectivity index (χ4n) is 2.76. The second kappa shape index (κ2) is 6.72. The van der Waals surface area contributed by atoms with Crippen molar-refractivity contribution >= 4 is 27.4 Å². The average molecular weight is 361 g/mol. The third-order valence-corrected chi connectivity index (χ3v) is 5.47. The van der Waals surface area contributed by atoms with Gasteiger partial charge in [-0.05, 0) is 38.0 Å². The first-order valence-electron chi connectivity index (χ1n) is 7.98. The van der Waals surface area contributed by atoms with E-state index in [9.17, 15) is 18.0 Å². The largest absolute Gasteiger partial charge is 0.356 e. The molecule has 7 nitrogen and oxygen atoms in total. The number of ketones is 1. The molecule has 1 aliphatic heterocycles. The van der Waals surface area contributed by atoms with Gasteiger partial charge >= 0.3 is 0 Å². The lowest BCUT2D eigenvalue weighted by Crippen LogP contribution is -2.27. The first-order chi connectivity index (χ1) is 11.9. The third kappa shape index (κ3) is 3.74. The zero-order valence-corrected chi connectivity index (χ0v) is 14.6. The number of aromatic amines is 1. The van der Waals surface area contributed by atoms with E-state index in [0.29, 0.717) is 24.3 Å². The topological polar surface area (TPSA) is 99.3 Å². The van der Waals surface area contributed by atoms with Crippen molar-refractivity contribution < 1.29 is 18.0 Å². The van der Waals surface area contributed by atoms with E-state index >= 15 is 0 Å². The van der Waals surface area contributed by atoms with Gasteiger partial charge in [0.1, 0.15) is 10.6 Å². The molecular formula is C17H19N3O4S. The number of hydrogen-bond acceptors (Lipinski definition) is 4. The number of likely N-dealkylation sites (tertiary alicyclic amines) is 1. The van der Waals surface area contributed by atoms with Crippen molar-refractivity contribution in [3.05, 3.63) is 47.8 Å². The van der Waals surface area contributed by atoms with Gasteiger partial charge in [-0.15, -0.1) is 0 Å². The summed E-state index contributed by atoms with van der Waals surface area (Å²) in [6.07, 6.45) is 3.22. The number of hydrogen-bond donors (Lipinski definition) is 2. The third-order valence-electron chi connectivity index (χ3n) is 4.11. The van der Waals surface area contributed by atoms with E-state index in [1.165, 1.54) is 25.3 Å². The summed E-state index contributed by atoms with van der Waals surface area (Å²) in [5, 5.41) is 0. The molecule has 0 saturated carbocycles. The quantitative estimate of drug-likeness (QED) is 0.798. The van der Waals surface area contributed by atoms with Crippen molar-refractivity contribution in [2.75, 3.05) is 17.8 Å². The maximum atomic E-state index is 12.5. The number of nitrogens with one attached hydrogen (secondary N) is 2. The number of Topliss-reactive ketones (excluding diaryl/α,β-unsaturated/α-hetero) is 1. The van der Waals surface area contributed by atoms with Gasteiger partial charge in [-0.25, -0.2) is 8.42 Å². The van der Waals surface area contributed by atoms with Crippen LogP contribution in [0.25, 0.3) is 0 Å². The number of sulfonamides is 1. The molecule has 8 heteroatoms. The lowest BCUT2D eigenvalue weighted by atomic mass is 10.1.